The Morgan fingerprint density at radius 3 is 1.92 bits per heavy atom. The zero-order valence-electron chi connectivity index (χ0n) is 13.8. The Bertz CT molecular complexity index is 1190. The van der Waals surface area contributed by atoms with Crippen molar-refractivity contribution >= 4 is 33.4 Å². The molecule has 2 heterocycles. The summed E-state index contributed by atoms with van der Waals surface area (Å²) in [5, 5.41) is 2.78. The maximum atomic E-state index is 5.91. The SMILES string of the molecule is Clc1nccc(-c2ccc(-n3c4ccccc4c4ccccc43)cc2)n1. The summed E-state index contributed by atoms with van der Waals surface area (Å²) in [6, 6.07) is 27.2. The molecule has 0 atom stereocenters. The summed E-state index contributed by atoms with van der Waals surface area (Å²) in [7, 11) is 0. The minimum absolute atomic E-state index is 0.258. The van der Waals surface area contributed by atoms with Gasteiger partial charge in [0.2, 0.25) is 5.28 Å². The molecule has 0 unspecified atom stereocenters. The van der Waals surface area contributed by atoms with Gasteiger partial charge in [-0.3, -0.25) is 0 Å². The van der Waals surface area contributed by atoms with Crippen molar-refractivity contribution in [1.29, 1.82) is 0 Å². The van der Waals surface area contributed by atoms with E-state index in [9.17, 15) is 0 Å². The molecular formula is C22H14ClN3. The third kappa shape index (κ3) is 2.37. The quantitative estimate of drug-likeness (QED) is 0.369. The van der Waals surface area contributed by atoms with Crippen LogP contribution in [0.15, 0.2) is 85.1 Å². The molecule has 0 saturated carbocycles. The van der Waals surface area contributed by atoms with Crippen LogP contribution in [0.4, 0.5) is 0 Å². The molecule has 2 aromatic heterocycles. The summed E-state index contributed by atoms with van der Waals surface area (Å²) < 4.78 is 2.29. The van der Waals surface area contributed by atoms with Crippen LogP contribution in [0.1, 0.15) is 0 Å². The molecule has 3 nitrogen and oxygen atoms in total. The highest BCUT2D eigenvalue weighted by Gasteiger charge is 2.11. The fourth-order valence-corrected chi connectivity index (χ4v) is 3.63. The van der Waals surface area contributed by atoms with E-state index in [1.165, 1.54) is 21.8 Å². The van der Waals surface area contributed by atoms with Crippen molar-refractivity contribution in [3.05, 3.63) is 90.3 Å². The molecule has 0 saturated heterocycles. The normalized spacial score (nSPS) is 11.3. The first-order valence-corrected chi connectivity index (χ1v) is 8.76. The molecular weight excluding hydrogens is 342 g/mol. The molecule has 0 aliphatic carbocycles. The van der Waals surface area contributed by atoms with Crippen LogP contribution in [0.3, 0.4) is 0 Å². The summed E-state index contributed by atoms with van der Waals surface area (Å²) in [5.41, 5.74) is 5.35. The van der Waals surface area contributed by atoms with Gasteiger partial charge < -0.3 is 4.57 Å². The number of hydrogen-bond donors (Lipinski definition) is 0. The molecule has 0 aliphatic heterocycles. The van der Waals surface area contributed by atoms with Crippen LogP contribution in [0.2, 0.25) is 5.28 Å². The fourth-order valence-electron chi connectivity index (χ4n) is 3.48. The van der Waals surface area contributed by atoms with Gasteiger partial charge >= 0.3 is 0 Å². The van der Waals surface area contributed by atoms with Crippen molar-refractivity contribution in [1.82, 2.24) is 14.5 Å². The second-order valence-corrected chi connectivity index (χ2v) is 6.47. The summed E-state index contributed by atoms with van der Waals surface area (Å²) in [6.07, 6.45) is 1.67. The van der Waals surface area contributed by atoms with Crippen LogP contribution in [0, 0.1) is 0 Å². The zero-order chi connectivity index (χ0) is 17.5. The second-order valence-electron chi connectivity index (χ2n) is 6.13. The molecule has 0 fully saturated rings. The fraction of sp³-hybridized carbons (Fsp3) is 0. The number of benzene rings is 3. The van der Waals surface area contributed by atoms with E-state index in [0.29, 0.717) is 0 Å². The minimum Gasteiger partial charge on any atom is -0.309 e. The van der Waals surface area contributed by atoms with Gasteiger partial charge in [0.15, 0.2) is 0 Å². The maximum absolute atomic E-state index is 5.91. The third-order valence-electron chi connectivity index (χ3n) is 4.63. The Morgan fingerprint density at radius 1 is 0.692 bits per heavy atom. The van der Waals surface area contributed by atoms with Crippen molar-refractivity contribution in [2.24, 2.45) is 0 Å². The first kappa shape index (κ1) is 15.1. The van der Waals surface area contributed by atoms with Crippen LogP contribution < -0.4 is 0 Å². The number of aromatic nitrogens is 3. The first-order valence-electron chi connectivity index (χ1n) is 8.39. The third-order valence-corrected chi connectivity index (χ3v) is 4.81. The molecule has 26 heavy (non-hydrogen) atoms. The second kappa shape index (κ2) is 5.97. The van der Waals surface area contributed by atoms with Gasteiger partial charge in [-0.2, -0.15) is 0 Å². The highest BCUT2D eigenvalue weighted by molar-refractivity contribution is 6.28. The Labute approximate surface area is 155 Å². The monoisotopic (exact) mass is 355 g/mol. The number of nitrogens with zero attached hydrogens (tertiary/aromatic N) is 3. The van der Waals surface area contributed by atoms with Gasteiger partial charge in [0.25, 0.3) is 0 Å². The molecule has 0 spiro atoms. The van der Waals surface area contributed by atoms with Crippen LogP contribution >= 0.6 is 11.6 Å². The van der Waals surface area contributed by atoms with Crippen molar-refractivity contribution in [2.75, 3.05) is 0 Å². The van der Waals surface area contributed by atoms with Gasteiger partial charge in [0.1, 0.15) is 0 Å². The van der Waals surface area contributed by atoms with E-state index >= 15 is 0 Å². The van der Waals surface area contributed by atoms with Gasteiger partial charge in [0.05, 0.1) is 16.7 Å². The smallest absolute Gasteiger partial charge is 0.222 e. The molecule has 0 bridgehead atoms. The lowest BCUT2D eigenvalue weighted by Crippen LogP contribution is -1.94. The molecule has 0 N–H and O–H groups in total. The summed E-state index contributed by atoms with van der Waals surface area (Å²) in [6.45, 7) is 0. The number of halogens is 1. The molecule has 5 rings (SSSR count). The first-order chi connectivity index (χ1) is 12.8. The topological polar surface area (TPSA) is 30.7 Å². The van der Waals surface area contributed by atoms with E-state index in [1.807, 2.05) is 6.07 Å². The predicted octanol–water partition coefficient (Wildman–Crippen LogP) is 5.89. The number of hydrogen-bond acceptors (Lipinski definition) is 2. The lowest BCUT2D eigenvalue weighted by molar-refractivity contribution is 1.16. The summed E-state index contributed by atoms with van der Waals surface area (Å²) in [4.78, 5) is 8.23. The molecule has 3 aromatic carbocycles. The van der Waals surface area contributed by atoms with Crippen LogP contribution in [0.25, 0.3) is 38.8 Å². The highest BCUT2D eigenvalue weighted by Crippen LogP contribution is 2.32. The van der Waals surface area contributed by atoms with Gasteiger partial charge in [-0.15, -0.1) is 0 Å². The van der Waals surface area contributed by atoms with Crippen LogP contribution in [0.5, 0.6) is 0 Å². The van der Waals surface area contributed by atoms with Crippen LogP contribution in [-0.2, 0) is 0 Å². The van der Waals surface area contributed by atoms with Gasteiger partial charge in [-0.25, -0.2) is 9.97 Å². The van der Waals surface area contributed by atoms with Gasteiger partial charge in [-0.1, -0.05) is 48.5 Å². The van der Waals surface area contributed by atoms with Crippen molar-refractivity contribution < 1.29 is 0 Å². The number of fused-ring (bicyclic) bond motifs is 3. The van der Waals surface area contributed by atoms with Crippen molar-refractivity contribution in [3.63, 3.8) is 0 Å². The Balaban J connectivity index is 1.70. The summed E-state index contributed by atoms with van der Waals surface area (Å²) >= 11 is 5.91. The van der Waals surface area contributed by atoms with E-state index in [0.717, 1.165) is 16.9 Å². The molecule has 0 aliphatic rings. The predicted molar refractivity (Wildman–Crippen MR) is 107 cm³/mol. The molecule has 5 aromatic rings. The van der Waals surface area contributed by atoms with Crippen molar-refractivity contribution in [3.8, 4) is 16.9 Å². The number of para-hydroxylation sites is 2. The Hall–Kier alpha value is -3.17. The molecule has 0 radical (unpaired) electrons. The van der Waals surface area contributed by atoms with E-state index in [2.05, 4.69) is 87.3 Å². The van der Waals surface area contributed by atoms with Crippen LogP contribution in [-0.4, -0.2) is 14.5 Å². The molecule has 4 heteroatoms. The average molecular weight is 356 g/mol. The van der Waals surface area contributed by atoms with E-state index in [4.69, 9.17) is 11.6 Å². The molecule has 0 amide bonds. The Morgan fingerprint density at radius 2 is 1.31 bits per heavy atom. The average Bonchev–Trinajstić information content (AvgIpc) is 3.03. The van der Waals surface area contributed by atoms with Gasteiger partial charge in [-0.05, 0) is 41.9 Å². The zero-order valence-corrected chi connectivity index (χ0v) is 14.6. The highest BCUT2D eigenvalue weighted by atomic mass is 35.5. The largest absolute Gasteiger partial charge is 0.309 e. The van der Waals surface area contributed by atoms with E-state index in [-0.39, 0.29) is 5.28 Å². The maximum Gasteiger partial charge on any atom is 0.222 e. The van der Waals surface area contributed by atoms with Crippen molar-refractivity contribution in [2.45, 2.75) is 0 Å². The minimum atomic E-state index is 0.258. The lowest BCUT2D eigenvalue weighted by atomic mass is 10.1. The van der Waals surface area contributed by atoms with E-state index in [1.54, 1.807) is 6.20 Å². The lowest BCUT2D eigenvalue weighted by Gasteiger charge is -2.09. The number of rotatable bonds is 2. The van der Waals surface area contributed by atoms with E-state index < -0.39 is 0 Å². The Kier molecular flexibility index (Phi) is 3.47. The molecule has 124 valence electrons. The standard InChI is InChI=1S/C22H14ClN3/c23-22-24-14-13-19(25-22)15-9-11-16(12-10-15)26-20-7-3-1-5-17(20)18-6-2-4-8-21(18)26/h1-14H. The summed E-state index contributed by atoms with van der Waals surface area (Å²) in [5.74, 6) is 0. The van der Waals surface area contributed by atoms with Gasteiger partial charge in [0, 0.05) is 28.2 Å².